The molecule has 160 valence electrons. The number of rotatable bonds is 5. The minimum absolute atomic E-state index is 0.0147. The lowest BCUT2D eigenvalue weighted by atomic mass is 10.2. The molecule has 1 aliphatic rings. The van der Waals surface area contributed by atoms with Crippen LogP contribution in [0.3, 0.4) is 0 Å². The van der Waals surface area contributed by atoms with Gasteiger partial charge >= 0.3 is 0 Å². The topological polar surface area (TPSA) is 92.1 Å². The van der Waals surface area contributed by atoms with Crippen LogP contribution < -0.4 is 4.74 Å². The maximum Gasteiger partial charge on any atom is 0.258 e. The summed E-state index contributed by atoms with van der Waals surface area (Å²) in [5.41, 5.74) is 1.36. The van der Waals surface area contributed by atoms with Crippen LogP contribution in [0.25, 0.3) is 6.08 Å². The zero-order chi connectivity index (χ0) is 22.7. The van der Waals surface area contributed by atoms with Gasteiger partial charge in [-0.15, -0.1) is 11.3 Å². The molecule has 0 unspecified atom stereocenters. The molecule has 2 aromatic carbocycles. The van der Waals surface area contributed by atoms with Gasteiger partial charge in [-0.3, -0.25) is 4.57 Å². The minimum Gasteiger partial charge on any atom is -0.497 e. The molecule has 0 spiro atoms. The van der Waals surface area contributed by atoms with Gasteiger partial charge in [0.2, 0.25) is 17.5 Å². The lowest BCUT2D eigenvalue weighted by molar-refractivity contribution is 0.415. The van der Waals surface area contributed by atoms with Gasteiger partial charge in [-0.2, -0.15) is 10.3 Å². The van der Waals surface area contributed by atoms with Gasteiger partial charge in [0.15, 0.2) is 3.95 Å². The second kappa shape index (κ2) is 9.13. The Labute approximate surface area is 191 Å². The molecule has 0 bridgehead atoms. The SMILES string of the molecule is COc1ccc(N=C2OC(=Cc3sc(=S)n(Cc4ccc(F)cc4)c3O)N=C2C#N)cc1. The van der Waals surface area contributed by atoms with Crippen LogP contribution in [0.1, 0.15) is 10.4 Å². The predicted molar refractivity (Wildman–Crippen MR) is 123 cm³/mol. The monoisotopic (exact) mass is 466 g/mol. The van der Waals surface area contributed by atoms with Crippen molar-refractivity contribution < 1.29 is 19.0 Å². The summed E-state index contributed by atoms with van der Waals surface area (Å²) < 4.78 is 25.8. The van der Waals surface area contributed by atoms with E-state index in [2.05, 4.69) is 9.98 Å². The standard InChI is InChI=1S/C22H15FN4O3S2/c1-29-16-8-6-15(7-9-16)25-20-17(11-24)26-19(30-20)10-18-21(28)27(22(31)32-18)12-13-2-4-14(23)5-3-13/h2-10,28H,12H2,1H3. The molecule has 0 saturated heterocycles. The molecule has 4 rings (SSSR count). The van der Waals surface area contributed by atoms with Crippen molar-refractivity contribution in [2.24, 2.45) is 9.98 Å². The number of aromatic nitrogens is 1. The molecule has 0 radical (unpaired) electrons. The molecule has 0 saturated carbocycles. The van der Waals surface area contributed by atoms with E-state index in [1.807, 2.05) is 6.07 Å². The Balaban J connectivity index is 1.59. The summed E-state index contributed by atoms with van der Waals surface area (Å²) in [5, 5.41) is 20.0. The first-order valence-corrected chi connectivity index (χ1v) is 10.5. The van der Waals surface area contributed by atoms with E-state index in [9.17, 15) is 14.8 Å². The van der Waals surface area contributed by atoms with Gasteiger partial charge in [0.1, 0.15) is 17.6 Å². The van der Waals surface area contributed by atoms with E-state index in [1.165, 1.54) is 22.8 Å². The second-order valence-electron chi connectivity index (χ2n) is 6.54. The molecular formula is C22H15FN4O3S2. The number of hydrogen-bond donors (Lipinski definition) is 1. The van der Waals surface area contributed by atoms with Crippen molar-refractivity contribution in [1.82, 2.24) is 4.57 Å². The highest BCUT2D eigenvalue weighted by Crippen LogP contribution is 2.31. The molecular weight excluding hydrogens is 451 g/mol. The number of benzene rings is 2. The van der Waals surface area contributed by atoms with Crippen molar-refractivity contribution >= 4 is 46.9 Å². The van der Waals surface area contributed by atoms with Crippen molar-refractivity contribution in [2.75, 3.05) is 7.11 Å². The van der Waals surface area contributed by atoms with Crippen LogP contribution in [-0.4, -0.2) is 28.4 Å². The van der Waals surface area contributed by atoms with Crippen LogP contribution in [-0.2, 0) is 11.3 Å². The molecule has 1 aliphatic heterocycles. The maximum absolute atomic E-state index is 13.1. The molecule has 32 heavy (non-hydrogen) atoms. The van der Waals surface area contributed by atoms with E-state index in [-0.39, 0.29) is 35.7 Å². The summed E-state index contributed by atoms with van der Waals surface area (Å²) >= 11 is 6.52. The largest absolute Gasteiger partial charge is 0.497 e. The average molecular weight is 467 g/mol. The fourth-order valence-electron chi connectivity index (χ4n) is 2.84. The first-order valence-electron chi connectivity index (χ1n) is 9.25. The van der Waals surface area contributed by atoms with Gasteiger partial charge in [-0.1, -0.05) is 12.1 Å². The smallest absolute Gasteiger partial charge is 0.258 e. The van der Waals surface area contributed by atoms with E-state index < -0.39 is 0 Å². The Morgan fingerprint density at radius 1 is 1.28 bits per heavy atom. The number of halogens is 1. The Morgan fingerprint density at radius 2 is 2.00 bits per heavy atom. The Morgan fingerprint density at radius 3 is 2.66 bits per heavy atom. The third kappa shape index (κ3) is 4.59. The molecule has 0 fully saturated rings. The fraction of sp³-hybridized carbons (Fsp3) is 0.0909. The first kappa shape index (κ1) is 21.4. The first-order chi connectivity index (χ1) is 15.5. The van der Waals surface area contributed by atoms with Crippen LogP contribution in [0.15, 0.2) is 64.4 Å². The Hall–Kier alpha value is -3.81. The quantitative estimate of drug-likeness (QED) is 0.522. The number of hydrogen-bond acceptors (Lipinski definition) is 8. The third-order valence-corrected chi connectivity index (χ3v) is 5.82. The van der Waals surface area contributed by atoms with Gasteiger partial charge in [0.05, 0.1) is 24.2 Å². The summed E-state index contributed by atoms with van der Waals surface area (Å²) in [5.74, 6) is 0.425. The van der Waals surface area contributed by atoms with Gasteiger partial charge in [-0.05, 0) is 54.2 Å². The molecule has 0 atom stereocenters. The van der Waals surface area contributed by atoms with Crippen molar-refractivity contribution in [1.29, 1.82) is 5.26 Å². The van der Waals surface area contributed by atoms with Gasteiger partial charge < -0.3 is 14.6 Å². The Kier molecular flexibility index (Phi) is 6.11. The molecule has 0 aliphatic carbocycles. The van der Waals surface area contributed by atoms with Crippen molar-refractivity contribution in [3.63, 3.8) is 0 Å². The second-order valence-corrected chi connectivity index (χ2v) is 8.22. The van der Waals surface area contributed by atoms with E-state index in [0.29, 0.717) is 20.3 Å². The lowest BCUT2D eigenvalue weighted by Gasteiger charge is -2.05. The van der Waals surface area contributed by atoms with Crippen molar-refractivity contribution in [3.05, 3.63) is 74.6 Å². The van der Waals surface area contributed by atoms with E-state index >= 15 is 0 Å². The van der Waals surface area contributed by atoms with Crippen LogP contribution in [0.5, 0.6) is 11.6 Å². The normalized spacial score (nSPS) is 15.5. The highest BCUT2D eigenvalue weighted by molar-refractivity contribution is 7.73. The summed E-state index contributed by atoms with van der Waals surface area (Å²) in [4.78, 5) is 8.87. The number of aliphatic imine (C=N–C) groups is 2. The number of nitriles is 1. The molecule has 2 heterocycles. The number of methoxy groups -OCH3 is 1. The maximum atomic E-state index is 13.1. The minimum atomic E-state index is -0.339. The van der Waals surface area contributed by atoms with E-state index in [4.69, 9.17) is 21.7 Å². The van der Waals surface area contributed by atoms with Crippen LogP contribution in [0.4, 0.5) is 10.1 Å². The number of thiazole rings is 1. The summed E-state index contributed by atoms with van der Waals surface area (Å²) in [6.45, 7) is 0.280. The molecule has 3 aromatic rings. The molecule has 7 nitrogen and oxygen atoms in total. The van der Waals surface area contributed by atoms with Crippen LogP contribution in [0.2, 0.25) is 0 Å². The van der Waals surface area contributed by atoms with Gasteiger partial charge in [0, 0.05) is 6.08 Å². The van der Waals surface area contributed by atoms with Crippen LogP contribution >= 0.6 is 23.6 Å². The lowest BCUT2D eigenvalue weighted by Crippen LogP contribution is -2.07. The summed E-state index contributed by atoms with van der Waals surface area (Å²) in [7, 11) is 1.57. The Bertz CT molecular complexity index is 1350. The molecule has 10 heteroatoms. The third-order valence-electron chi connectivity index (χ3n) is 4.44. The highest BCUT2D eigenvalue weighted by Gasteiger charge is 2.23. The zero-order valence-electron chi connectivity index (χ0n) is 16.7. The highest BCUT2D eigenvalue weighted by atomic mass is 32.1. The number of nitrogens with zero attached hydrogens (tertiary/aromatic N) is 4. The average Bonchev–Trinajstić information content (AvgIpc) is 3.30. The van der Waals surface area contributed by atoms with E-state index in [0.717, 1.165) is 16.9 Å². The predicted octanol–water partition coefficient (Wildman–Crippen LogP) is 5.20. The number of ether oxygens (including phenoxy) is 2. The number of aromatic hydroxyl groups is 1. The fourth-order valence-corrected chi connectivity index (χ4v) is 4.08. The summed E-state index contributed by atoms with van der Waals surface area (Å²) in [6, 6.07) is 14.8. The molecule has 0 amide bonds. The summed E-state index contributed by atoms with van der Waals surface area (Å²) in [6.07, 6.45) is 1.49. The molecule has 1 aromatic heterocycles. The van der Waals surface area contributed by atoms with Gasteiger partial charge in [-0.25, -0.2) is 9.38 Å². The van der Waals surface area contributed by atoms with Crippen molar-refractivity contribution in [2.45, 2.75) is 6.54 Å². The van der Waals surface area contributed by atoms with Crippen LogP contribution in [0, 0.1) is 21.1 Å². The van der Waals surface area contributed by atoms with Gasteiger partial charge in [0.25, 0.3) is 5.90 Å². The zero-order valence-corrected chi connectivity index (χ0v) is 18.3. The van der Waals surface area contributed by atoms with Crippen molar-refractivity contribution in [3.8, 4) is 17.7 Å². The molecule has 1 N–H and O–H groups in total. The van der Waals surface area contributed by atoms with E-state index in [1.54, 1.807) is 43.5 Å².